The van der Waals surface area contributed by atoms with E-state index in [1.54, 1.807) is 24.3 Å². The standard InChI is InChI=1S/C19H20FNO6/c20-14-7-6-13(8-17(23)24)15(9-14)18(25)16(22)10-21-19(26)27-11-12-4-2-1-3-5-12/h1-7,9,16,18,22,25H,8,10-11H2,(H,21,26)(H,23,24). The summed E-state index contributed by atoms with van der Waals surface area (Å²) in [6.07, 6.45) is -4.30. The van der Waals surface area contributed by atoms with E-state index in [1.165, 1.54) is 6.07 Å². The summed E-state index contributed by atoms with van der Waals surface area (Å²) in [5, 5.41) is 31.5. The fourth-order valence-electron chi connectivity index (χ4n) is 2.45. The molecule has 2 unspecified atom stereocenters. The van der Waals surface area contributed by atoms with Crippen molar-refractivity contribution in [2.75, 3.05) is 6.54 Å². The number of aliphatic hydroxyl groups is 2. The largest absolute Gasteiger partial charge is 0.481 e. The Morgan fingerprint density at radius 3 is 2.48 bits per heavy atom. The molecule has 2 aromatic rings. The van der Waals surface area contributed by atoms with Crippen LogP contribution in [-0.2, 0) is 22.6 Å². The highest BCUT2D eigenvalue weighted by Gasteiger charge is 2.23. The van der Waals surface area contributed by atoms with Crippen LogP contribution in [0.3, 0.4) is 0 Å². The molecule has 0 bridgehead atoms. The van der Waals surface area contributed by atoms with Crippen molar-refractivity contribution in [3.05, 3.63) is 71.0 Å². The monoisotopic (exact) mass is 377 g/mol. The molecule has 0 aromatic heterocycles. The van der Waals surface area contributed by atoms with Crippen LogP contribution in [0.2, 0.25) is 0 Å². The van der Waals surface area contributed by atoms with Gasteiger partial charge in [0.25, 0.3) is 0 Å². The van der Waals surface area contributed by atoms with Gasteiger partial charge in [0.2, 0.25) is 0 Å². The Morgan fingerprint density at radius 2 is 1.81 bits per heavy atom. The Labute approximate surface area is 155 Å². The highest BCUT2D eigenvalue weighted by atomic mass is 19.1. The van der Waals surface area contributed by atoms with Gasteiger partial charge in [0, 0.05) is 6.54 Å². The molecule has 2 aromatic carbocycles. The summed E-state index contributed by atoms with van der Waals surface area (Å²) in [6, 6.07) is 12.2. The van der Waals surface area contributed by atoms with Crippen molar-refractivity contribution >= 4 is 12.1 Å². The van der Waals surface area contributed by atoms with Gasteiger partial charge >= 0.3 is 12.1 Å². The van der Waals surface area contributed by atoms with Gasteiger partial charge in [0.15, 0.2) is 0 Å². The maximum absolute atomic E-state index is 13.5. The lowest BCUT2D eigenvalue weighted by molar-refractivity contribution is -0.136. The molecule has 0 saturated carbocycles. The van der Waals surface area contributed by atoms with Crippen molar-refractivity contribution < 1.29 is 34.0 Å². The number of hydrogen-bond donors (Lipinski definition) is 4. The van der Waals surface area contributed by atoms with Crippen molar-refractivity contribution in [2.45, 2.75) is 25.2 Å². The minimum absolute atomic E-state index is 0.0397. The van der Waals surface area contributed by atoms with E-state index in [2.05, 4.69) is 5.32 Å². The Morgan fingerprint density at radius 1 is 1.11 bits per heavy atom. The molecule has 27 heavy (non-hydrogen) atoms. The lowest BCUT2D eigenvalue weighted by Crippen LogP contribution is -2.36. The van der Waals surface area contributed by atoms with Gasteiger partial charge in [-0.25, -0.2) is 9.18 Å². The third-order valence-corrected chi connectivity index (χ3v) is 3.80. The minimum Gasteiger partial charge on any atom is -0.481 e. The fourth-order valence-corrected chi connectivity index (χ4v) is 2.45. The number of aliphatic carboxylic acids is 1. The van der Waals surface area contributed by atoms with Gasteiger partial charge < -0.3 is 25.4 Å². The number of rotatable bonds is 8. The lowest BCUT2D eigenvalue weighted by Gasteiger charge is -2.21. The third kappa shape index (κ3) is 6.36. The molecule has 0 fully saturated rings. The molecule has 0 saturated heterocycles. The number of carbonyl (C=O) groups is 2. The van der Waals surface area contributed by atoms with Crippen molar-refractivity contribution in [1.82, 2.24) is 5.32 Å². The molecule has 0 aliphatic carbocycles. The molecule has 4 N–H and O–H groups in total. The Balaban J connectivity index is 1.91. The maximum Gasteiger partial charge on any atom is 0.407 e. The van der Waals surface area contributed by atoms with E-state index in [0.29, 0.717) is 0 Å². The SMILES string of the molecule is O=C(O)Cc1ccc(F)cc1C(O)C(O)CNC(=O)OCc1ccccc1. The number of hydrogen-bond acceptors (Lipinski definition) is 5. The van der Waals surface area contributed by atoms with Crippen LogP contribution in [0.25, 0.3) is 0 Å². The first-order chi connectivity index (χ1) is 12.9. The average Bonchev–Trinajstić information content (AvgIpc) is 2.65. The van der Waals surface area contributed by atoms with Crippen LogP contribution < -0.4 is 5.32 Å². The third-order valence-electron chi connectivity index (χ3n) is 3.80. The molecule has 0 heterocycles. The molecule has 0 aliphatic heterocycles. The number of amides is 1. The summed E-state index contributed by atoms with van der Waals surface area (Å²) in [6.45, 7) is -0.324. The first kappa shape index (κ1) is 20.3. The minimum atomic E-state index is -1.58. The molecule has 8 heteroatoms. The Hall–Kier alpha value is -2.97. The number of benzene rings is 2. The predicted molar refractivity (Wildman–Crippen MR) is 93.3 cm³/mol. The highest BCUT2D eigenvalue weighted by Crippen LogP contribution is 2.23. The number of nitrogens with one attached hydrogen (secondary N) is 1. The van der Waals surface area contributed by atoms with Crippen molar-refractivity contribution in [3.63, 3.8) is 0 Å². The second-order valence-corrected chi connectivity index (χ2v) is 5.87. The van der Waals surface area contributed by atoms with Crippen LogP contribution in [0.5, 0.6) is 0 Å². The average molecular weight is 377 g/mol. The van der Waals surface area contributed by atoms with E-state index >= 15 is 0 Å². The van der Waals surface area contributed by atoms with E-state index < -0.39 is 36.5 Å². The van der Waals surface area contributed by atoms with Crippen LogP contribution in [0.15, 0.2) is 48.5 Å². The van der Waals surface area contributed by atoms with E-state index in [-0.39, 0.29) is 24.3 Å². The molecular formula is C19H20FNO6. The molecular weight excluding hydrogens is 357 g/mol. The van der Waals surface area contributed by atoms with Gasteiger partial charge in [-0.05, 0) is 28.8 Å². The summed E-state index contributed by atoms with van der Waals surface area (Å²) in [7, 11) is 0. The van der Waals surface area contributed by atoms with E-state index in [0.717, 1.165) is 17.7 Å². The molecule has 0 aliphatic rings. The second kappa shape index (κ2) is 9.65. The topological polar surface area (TPSA) is 116 Å². The molecule has 0 spiro atoms. The zero-order valence-corrected chi connectivity index (χ0v) is 14.3. The van der Waals surface area contributed by atoms with Gasteiger partial charge in [-0.3, -0.25) is 4.79 Å². The van der Waals surface area contributed by atoms with Crippen LogP contribution >= 0.6 is 0 Å². The number of carboxylic acid groups (broad SMARTS) is 1. The van der Waals surface area contributed by atoms with Gasteiger partial charge in [0.1, 0.15) is 24.6 Å². The van der Waals surface area contributed by atoms with Crippen LogP contribution in [0, 0.1) is 5.82 Å². The normalized spacial score (nSPS) is 12.9. The first-order valence-corrected chi connectivity index (χ1v) is 8.17. The van der Waals surface area contributed by atoms with Crippen molar-refractivity contribution in [3.8, 4) is 0 Å². The number of aliphatic hydroxyl groups excluding tert-OH is 2. The van der Waals surface area contributed by atoms with E-state index in [1.807, 2.05) is 6.07 Å². The molecule has 144 valence electrons. The van der Waals surface area contributed by atoms with Crippen molar-refractivity contribution in [1.29, 1.82) is 0 Å². The van der Waals surface area contributed by atoms with Crippen LogP contribution in [-0.4, -0.2) is 40.0 Å². The highest BCUT2D eigenvalue weighted by molar-refractivity contribution is 5.71. The molecule has 0 radical (unpaired) electrons. The van der Waals surface area contributed by atoms with Crippen molar-refractivity contribution in [2.24, 2.45) is 0 Å². The number of carboxylic acids is 1. The van der Waals surface area contributed by atoms with Gasteiger partial charge in [-0.15, -0.1) is 0 Å². The lowest BCUT2D eigenvalue weighted by atomic mass is 9.96. The number of alkyl carbamates (subject to hydrolysis) is 1. The maximum atomic E-state index is 13.5. The summed E-state index contributed by atoms with van der Waals surface area (Å²) in [5.74, 6) is -1.84. The Kier molecular flexibility index (Phi) is 7.27. The summed E-state index contributed by atoms with van der Waals surface area (Å²) in [4.78, 5) is 22.6. The molecule has 7 nitrogen and oxygen atoms in total. The quantitative estimate of drug-likeness (QED) is 0.557. The van der Waals surface area contributed by atoms with Gasteiger partial charge in [-0.1, -0.05) is 36.4 Å². The van der Waals surface area contributed by atoms with Crippen LogP contribution in [0.4, 0.5) is 9.18 Å². The Bertz CT molecular complexity index is 783. The molecule has 2 atom stereocenters. The number of halogens is 1. The van der Waals surface area contributed by atoms with Crippen LogP contribution in [0.1, 0.15) is 22.8 Å². The second-order valence-electron chi connectivity index (χ2n) is 5.87. The summed E-state index contributed by atoms with van der Waals surface area (Å²) >= 11 is 0. The van der Waals surface area contributed by atoms with E-state index in [9.17, 15) is 24.2 Å². The first-order valence-electron chi connectivity index (χ1n) is 8.17. The summed E-state index contributed by atoms with van der Waals surface area (Å²) in [5.41, 5.74) is 0.901. The fraction of sp³-hybridized carbons (Fsp3) is 0.263. The molecule has 2 rings (SSSR count). The van der Waals surface area contributed by atoms with Gasteiger partial charge in [0.05, 0.1) is 6.42 Å². The number of carbonyl (C=O) groups excluding carboxylic acids is 1. The van der Waals surface area contributed by atoms with E-state index in [4.69, 9.17) is 9.84 Å². The van der Waals surface area contributed by atoms with Gasteiger partial charge in [-0.2, -0.15) is 0 Å². The summed E-state index contributed by atoms with van der Waals surface area (Å²) < 4.78 is 18.4. The molecule has 1 amide bonds. The zero-order chi connectivity index (χ0) is 19.8. The predicted octanol–water partition coefficient (Wildman–Crippen LogP) is 1.77. The number of ether oxygens (including phenoxy) is 1. The zero-order valence-electron chi connectivity index (χ0n) is 14.3. The smallest absolute Gasteiger partial charge is 0.407 e.